The summed E-state index contributed by atoms with van der Waals surface area (Å²) in [5.41, 5.74) is -0.234. The molecule has 0 bridgehead atoms. The number of amides is 2. The Morgan fingerprint density at radius 1 is 0.865 bits per heavy atom. The number of para-hydroxylation sites is 1. The number of nitrogens with zero attached hydrogens (tertiary/aromatic N) is 3. The van der Waals surface area contributed by atoms with Gasteiger partial charge in [-0.25, -0.2) is 0 Å². The molecule has 0 aromatic heterocycles. The highest BCUT2D eigenvalue weighted by Gasteiger charge is 2.34. The first-order chi connectivity index (χ1) is 17.4. The van der Waals surface area contributed by atoms with E-state index in [2.05, 4.69) is 5.32 Å². The van der Waals surface area contributed by atoms with Crippen LogP contribution in [0.4, 0.5) is 17.1 Å². The van der Waals surface area contributed by atoms with Gasteiger partial charge in [-0.05, 0) is 30.5 Å². The van der Waals surface area contributed by atoms with Crippen LogP contribution < -0.4 is 21.1 Å². The normalized spacial score (nSPS) is 12.8. The van der Waals surface area contributed by atoms with Crippen molar-refractivity contribution in [2.45, 2.75) is 32.9 Å². The molecule has 0 aliphatic carbocycles. The van der Waals surface area contributed by atoms with Crippen LogP contribution in [-0.2, 0) is 4.79 Å². The minimum Gasteiger partial charge on any atom is -0.505 e. The second-order valence-corrected chi connectivity index (χ2v) is 9.72. The maximum atomic E-state index is 13.5. The van der Waals surface area contributed by atoms with Gasteiger partial charge >= 0.3 is 0 Å². The Labute approximate surface area is 216 Å². The molecule has 9 heteroatoms. The number of rotatable bonds is 9. The van der Waals surface area contributed by atoms with Crippen LogP contribution in [0.15, 0.2) is 58.1 Å². The van der Waals surface area contributed by atoms with Gasteiger partial charge in [-0.1, -0.05) is 50.2 Å². The number of phenolic OH excluding ortho intramolecular Hbond substituents is 1. The van der Waals surface area contributed by atoms with Crippen molar-refractivity contribution in [3.8, 4) is 5.75 Å². The van der Waals surface area contributed by atoms with Gasteiger partial charge in [0.1, 0.15) is 17.4 Å². The van der Waals surface area contributed by atoms with Crippen LogP contribution in [0.1, 0.15) is 42.7 Å². The summed E-state index contributed by atoms with van der Waals surface area (Å²) in [6.45, 7) is 5.63. The summed E-state index contributed by atoms with van der Waals surface area (Å²) in [5.74, 6) is -1.14. The quantitative estimate of drug-likeness (QED) is 0.429. The van der Waals surface area contributed by atoms with Gasteiger partial charge in [-0.3, -0.25) is 19.2 Å². The SMILES string of the molecule is CC(C)[C@@H](Nc1c(N(C)c2cccc(C(=O)N(C)C)c2O)c(=O)c1=O)C(=O)N(C)[C@H](C)c1ccccc1. The largest absolute Gasteiger partial charge is 0.505 e. The van der Waals surface area contributed by atoms with E-state index in [1.165, 1.54) is 22.9 Å². The van der Waals surface area contributed by atoms with Gasteiger partial charge < -0.3 is 25.1 Å². The minimum absolute atomic E-state index is 0.00375. The van der Waals surface area contributed by atoms with Crippen LogP contribution in [0.3, 0.4) is 0 Å². The van der Waals surface area contributed by atoms with Crippen LogP contribution in [0.25, 0.3) is 0 Å². The third-order valence-corrected chi connectivity index (χ3v) is 6.68. The lowest BCUT2D eigenvalue weighted by atomic mass is 9.99. The van der Waals surface area contributed by atoms with Crippen molar-refractivity contribution in [2.24, 2.45) is 5.92 Å². The molecule has 3 aromatic carbocycles. The summed E-state index contributed by atoms with van der Waals surface area (Å²) in [7, 11) is 6.36. The molecule has 3 aromatic rings. The number of hydrogen-bond donors (Lipinski definition) is 2. The summed E-state index contributed by atoms with van der Waals surface area (Å²) >= 11 is 0. The molecule has 0 heterocycles. The van der Waals surface area contributed by atoms with Crippen molar-refractivity contribution in [2.75, 3.05) is 38.4 Å². The monoisotopic (exact) mass is 506 g/mol. The highest BCUT2D eigenvalue weighted by Crippen LogP contribution is 2.36. The van der Waals surface area contributed by atoms with E-state index in [0.717, 1.165) is 5.56 Å². The molecule has 2 atom stereocenters. The van der Waals surface area contributed by atoms with Gasteiger partial charge in [-0.15, -0.1) is 0 Å². The van der Waals surface area contributed by atoms with Crippen molar-refractivity contribution in [1.82, 2.24) is 9.80 Å². The summed E-state index contributed by atoms with van der Waals surface area (Å²) in [6, 6.07) is 13.2. The molecule has 0 unspecified atom stereocenters. The maximum Gasteiger partial charge on any atom is 0.257 e. The number of likely N-dealkylation sites (N-methyl/N-ethyl adjacent to an activating group) is 1. The first kappa shape index (κ1) is 27.4. The molecule has 0 aliphatic heterocycles. The zero-order chi connectivity index (χ0) is 27.6. The third kappa shape index (κ3) is 5.21. The lowest BCUT2D eigenvalue weighted by Crippen LogP contribution is -2.48. The number of benzene rings is 2. The Bertz CT molecular complexity index is 1360. The van der Waals surface area contributed by atoms with Gasteiger partial charge in [0.15, 0.2) is 5.75 Å². The number of hydrogen-bond acceptors (Lipinski definition) is 7. The van der Waals surface area contributed by atoms with Crippen LogP contribution in [0, 0.1) is 5.92 Å². The van der Waals surface area contributed by atoms with E-state index in [4.69, 9.17) is 0 Å². The van der Waals surface area contributed by atoms with Gasteiger partial charge in [0.25, 0.3) is 16.8 Å². The van der Waals surface area contributed by atoms with E-state index in [9.17, 15) is 24.3 Å². The van der Waals surface area contributed by atoms with Crippen molar-refractivity contribution in [1.29, 1.82) is 0 Å². The maximum absolute atomic E-state index is 13.5. The van der Waals surface area contributed by atoms with Crippen molar-refractivity contribution < 1.29 is 14.7 Å². The Morgan fingerprint density at radius 2 is 1.49 bits per heavy atom. The van der Waals surface area contributed by atoms with E-state index in [1.807, 2.05) is 51.1 Å². The van der Waals surface area contributed by atoms with E-state index in [0.29, 0.717) is 0 Å². The molecule has 2 N–H and O–H groups in total. The van der Waals surface area contributed by atoms with E-state index >= 15 is 0 Å². The fourth-order valence-electron chi connectivity index (χ4n) is 4.20. The average Bonchev–Trinajstić information content (AvgIpc) is 2.88. The number of nitrogens with one attached hydrogen (secondary N) is 1. The van der Waals surface area contributed by atoms with E-state index in [1.54, 1.807) is 38.2 Å². The number of anilines is 3. The van der Waals surface area contributed by atoms with E-state index < -0.39 is 22.8 Å². The number of aromatic hydroxyl groups is 1. The first-order valence-corrected chi connectivity index (χ1v) is 12.1. The molecule has 3 rings (SSSR count). The minimum atomic E-state index is -0.776. The van der Waals surface area contributed by atoms with E-state index in [-0.39, 0.29) is 46.2 Å². The van der Waals surface area contributed by atoms with Crippen molar-refractivity contribution in [3.63, 3.8) is 0 Å². The van der Waals surface area contributed by atoms with Gasteiger partial charge in [-0.2, -0.15) is 0 Å². The second-order valence-electron chi connectivity index (χ2n) is 9.72. The molecular formula is C28H34N4O5. The second kappa shape index (κ2) is 10.9. The molecule has 37 heavy (non-hydrogen) atoms. The summed E-state index contributed by atoms with van der Waals surface area (Å²) in [4.78, 5) is 55.5. The fourth-order valence-corrected chi connectivity index (χ4v) is 4.20. The lowest BCUT2D eigenvalue weighted by molar-refractivity contribution is -0.133. The standard InChI is InChI=1S/C28H34N4O5/c1-16(2)21(28(37)31(6)17(3)18-12-9-8-10-13-18)29-22-23(26(35)25(22)34)32(7)20-15-11-14-19(24(20)33)27(36)30(4)5/h8-17,21,29,33H,1-7H3/t17-,21-/m1/s1. The highest BCUT2D eigenvalue weighted by molar-refractivity contribution is 5.99. The number of phenols is 1. The third-order valence-electron chi connectivity index (χ3n) is 6.68. The summed E-state index contributed by atoms with van der Waals surface area (Å²) in [5, 5.41) is 13.8. The lowest BCUT2D eigenvalue weighted by Gasteiger charge is -2.33. The van der Waals surface area contributed by atoms with Gasteiger partial charge in [0, 0.05) is 28.2 Å². The average molecular weight is 507 g/mol. The highest BCUT2D eigenvalue weighted by atomic mass is 16.3. The molecule has 196 valence electrons. The predicted octanol–water partition coefficient (Wildman–Crippen LogP) is 3.11. The first-order valence-electron chi connectivity index (χ1n) is 12.1. The zero-order valence-electron chi connectivity index (χ0n) is 22.3. The van der Waals surface area contributed by atoms with Crippen molar-refractivity contribution in [3.05, 3.63) is 80.1 Å². The number of carbonyl (C=O) groups excluding carboxylic acids is 2. The number of carbonyl (C=O) groups is 2. The Morgan fingerprint density at radius 3 is 2.05 bits per heavy atom. The van der Waals surface area contributed by atoms with Crippen LogP contribution in [0.5, 0.6) is 5.75 Å². The van der Waals surface area contributed by atoms with Gasteiger partial charge in [0.05, 0.1) is 17.3 Å². The van der Waals surface area contributed by atoms with Crippen LogP contribution in [0.2, 0.25) is 0 Å². The molecule has 0 fully saturated rings. The fraction of sp³-hybridized carbons (Fsp3) is 0.357. The van der Waals surface area contributed by atoms with Crippen LogP contribution >= 0.6 is 0 Å². The topological polar surface area (TPSA) is 110 Å². The Kier molecular flexibility index (Phi) is 8.06. The van der Waals surface area contributed by atoms with Crippen molar-refractivity contribution >= 4 is 28.9 Å². The molecule has 9 nitrogen and oxygen atoms in total. The molecule has 0 radical (unpaired) electrons. The molecular weight excluding hydrogens is 472 g/mol. The summed E-state index contributed by atoms with van der Waals surface area (Å²) < 4.78 is 0. The zero-order valence-corrected chi connectivity index (χ0v) is 22.3. The smallest absolute Gasteiger partial charge is 0.257 e. The molecule has 0 spiro atoms. The molecule has 0 saturated carbocycles. The predicted molar refractivity (Wildman–Crippen MR) is 145 cm³/mol. The van der Waals surface area contributed by atoms with Gasteiger partial charge in [0.2, 0.25) is 5.91 Å². The summed E-state index contributed by atoms with van der Waals surface area (Å²) in [6.07, 6.45) is 0. The molecule has 0 saturated heterocycles. The Balaban J connectivity index is 1.93. The Hall–Kier alpha value is -4.14. The van der Waals surface area contributed by atoms with Crippen LogP contribution in [-0.4, -0.2) is 61.0 Å². The molecule has 2 amide bonds. The molecule has 0 aliphatic rings.